The van der Waals surface area contributed by atoms with Gasteiger partial charge in [-0.15, -0.1) is 0 Å². The molecule has 0 aliphatic rings. The van der Waals surface area contributed by atoms with Crippen LogP contribution < -0.4 is 0 Å². The van der Waals surface area contributed by atoms with Gasteiger partial charge in [0.05, 0.1) is 11.1 Å². The van der Waals surface area contributed by atoms with E-state index in [-0.39, 0.29) is 11.1 Å². The van der Waals surface area contributed by atoms with Crippen molar-refractivity contribution in [2.75, 3.05) is 0 Å². The molecule has 0 spiro atoms. The summed E-state index contributed by atoms with van der Waals surface area (Å²) >= 11 is 0. The molecule has 158 valence electrons. The molecule has 0 bridgehead atoms. The van der Waals surface area contributed by atoms with Crippen molar-refractivity contribution in [3.63, 3.8) is 0 Å². The largest absolute Gasteiger partial charge is 0.478 e. The number of benzene rings is 2. The van der Waals surface area contributed by atoms with Crippen molar-refractivity contribution in [3.05, 3.63) is 59.2 Å². The van der Waals surface area contributed by atoms with E-state index in [1.807, 2.05) is 24.3 Å². The minimum Gasteiger partial charge on any atom is -0.478 e. The standard InChI is InChI=1S/C26H30O4/c1-2-3-4-5-6-7-8-9-10-11-13-20-14-12-15-21(16-20)22-17-23(25(27)28)19-24(18-22)26(29)30/h12,14-19H,2-10H2,1H3,(H,27,28)(H,29,30). The highest BCUT2D eigenvalue weighted by atomic mass is 16.4. The molecule has 0 aliphatic heterocycles. The maximum absolute atomic E-state index is 11.3. The Morgan fingerprint density at radius 2 is 1.37 bits per heavy atom. The molecule has 0 fully saturated rings. The van der Waals surface area contributed by atoms with Gasteiger partial charge in [-0.3, -0.25) is 0 Å². The second-order valence-corrected chi connectivity index (χ2v) is 7.52. The van der Waals surface area contributed by atoms with E-state index < -0.39 is 11.9 Å². The summed E-state index contributed by atoms with van der Waals surface area (Å²) in [5.74, 6) is 4.07. The Labute approximate surface area is 179 Å². The first-order valence-corrected chi connectivity index (χ1v) is 10.7. The number of hydrogen-bond donors (Lipinski definition) is 2. The number of aromatic carboxylic acids is 2. The zero-order valence-electron chi connectivity index (χ0n) is 17.6. The van der Waals surface area contributed by atoms with Gasteiger partial charge in [0, 0.05) is 12.0 Å². The fraction of sp³-hybridized carbons (Fsp3) is 0.385. The van der Waals surface area contributed by atoms with Gasteiger partial charge in [0.1, 0.15) is 0 Å². The van der Waals surface area contributed by atoms with Gasteiger partial charge in [-0.25, -0.2) is 9.59 Å². The fourth-order valence-corrected chi connectivity index (χ4v) is 3.33. The first-order valence-electron chi connectivity index (χ1n) is 10.7. The number of carbonyl (C=O) groups is 2. The van der Waals surface area contributed by atoms with E-state index >= 15 is 0 Å². The molecule has 4 nitrogen and oxygen atoms in total. The zero-order chi connectivity index (χ0) is 21.8. The Balaban J connectivity index is 1.97. The van der Waals surface area contributed by atoms with Crippen LogP contribution in [0.3, 0.4) is 0 Å². The van der Waals surface area contributed by atoms with E-state index in [9.17, 15) is 19.8 Å². The molecule has 0 saturated heterocycles. The SMILES string of the molecule is CCCCCCCCCCC#Cc1cccc(-c2cc(C(=O)O)cc(C(=O)O)c2)c1. The molecule has 0 heterocycles. The van der Waals surface area contributed by atoms with Crippen LogP contribution in [0.4, 0.5) is 0 Å². The Bertz CT molecular complexity index is 886. The first kappa shape index (κ1) is 23.2. The summed E-state index contributed by atoms with van der Waals surface area (Å²) in [5.41, 5.74) is 2.05. The lowest BCUT2D eigenvalue weighted by molar-refractivity contribution is 0.0696. The van der Waals surface area contributed by atoms with Gasteiger partial charge in [0.15, 0.2) is 0 Å². The highest BCUT2D eigenvalue weighted by Gasteiger charge is 2.12. The van der Waals surface area contributed by atoms with E-state index in [4.69, 9.17) is 0 Å². The average molecular weight is 407 g/mol. The minimum absolute atomic E-state index is 0.0453. The third kappa shape index (κ3) is 7.75. The van der Waals surface area contributed by atoms with Gasteiger partial charge in [0.2, 0.25) is 0 Å². The molecule has 2 aromatic rings. The quantitative estimate of drug-likeness (QED) is 0.324. The Morgan fingerprint density at radius 1 is 0.767 bits per heavy atom. The van der Waals surface area contributed by atoms with Gasteiger partial charge >= 0.3 is 11.9 Å². The van der Waals surface area contributed by atoms with Crippen molar-refractivity contribution >= 4 is 11.9 Å². The molecule has 2 N–H and O–H groups in total. The zero-order valence-corrected chi connectivity index (χ0v) is 17.6. The molecule has 0 amide bonds. The third-order valence-electron chi connectivity index (χ3n) is 5.01. The molecule has 0 saturated carbocycles. The Kier molecular flexibility index (Phi) is 9.67. The molecule has 0 unspecified atom stereocenters. The van der Waals surface area contributed by atoms with Crippen LogP contribution in [0.5, 0.6) is 0 Å². The normalized spacial score (nSPS) is 10.3. The first-order chi connectivity index (χ1) is 14.5. The van der Waals surface area contributed by atoms with Crippen LogP contribution in [-0.4, -0.2) is 22.2 Å². The summed E-state index contributed by atoms with van der Waals surface area (Å²) < 4.78 is 0. The summed E-state index contributed by atoms with van der Waals surface area (Å²) in [7, 11) is 0. The number of carboxylic acids is 2. The summed E-state index contributed by atoms with van der Waals surface area (Å²) in [4.78, 5) is 22.7. The van der Waals surface area contributed by atoms with E-state index in [2.05, 4.69) is 18.8 Å². The van der Waals surface area contributed by atoms with Crippen LogP contribution in [0.15, 0.2) is 42.5 Å². The molecule has 0 aromatic heterocycles. The lowest BCUT2D eigenvalue weighted by atomic mass is 9.98. The second-order valence-electron chi connectivity index (χ2n) is 7.52. The predicted molar refractivity (Wildman–Crippen MR) is 120 cm³/mol. The summed E-state index contributed by atoms with van der Waals surface area (Å²) in [5, 5.41) is 18.5. The fourth-order valence-electron chi connectivity index (χ4n) is 3.33. The molecule has 2 aromatic carbocycles. The van der Waals surface area contributed by atoms with Gasteiger partial charge in [-0.05, 0) is 47.9 Å². The van der Waals surface area contributed by atoms with Crippen LogP contribution in [0.1, 0.15) is 91.0 Å². The molecule has 4 heteroatoms. The van der Waals surface area contributed by atoms with Crippen molar-refractivity contribution in [1.29, 1.82) is 0 Å². The van der Waals surface area contributed by atoms with Gasteiger partial charge in [0.25, 0.3) is 0 Å². The topological polar surface area (TPSA) is 74.6 Å². The maximum Gasteiger partial charge on any atom is 0.335 e. The van der Waals surface area contributed by atoms with Gasteiger partial charge in [-0.1, -0.05) is 75.8 Å². The molecule has 30 heavy (non-hydrogen) atoms. The van der Waals surface area contributed by atoms with Crippen LogP contribution in [0.25, 0.3) is 11.1 Å². The van der Waals surface area contributed by atoms with E-state index in [0.717, 1.165) is 24.0 Å². The molecule has 0 aliphatic carbocycles. The van der Waals surface area contributed by atoms with Gasteiger partial charge in [-0.2, -0.15) is 0 Å². The predicted octanol–water partition coefficient (Wildman–Crippen LogP) is 6.63. The van der Waals surface area contributed by atoms with Crippen molar-refractivity contribution in [2.45, 2.75) is 64.7 Å². The number of rotatable bonds is 11. The lowest BCUT2D eigenvalue weighted by Crippen LogP contribution is -2.03. The van der Waals surface area contributed by atoms with Crippen LogP contribution >= 0.6 is 0 Å². The smallest absolute Gasteiger partial charge is 0.335 e. The average Bonchev–Trinajstić information content (AvgIpc) is 2.75. The van der Waals surface area contributed by atoms with Crippen LogP contribution in [0, 0.1) is 11.8 Å². The van der Waals surface area contributed by atoms with Crippen molar-refractivity contribution in [1.82, 2.24) is 0 Å². The highest BCUT2D eigenvalue weighted by molar-refractivity contribution is 5.96. The number of carboxylic acid groups (broad SMARTS) is 2. The maximum atomic E-state index is 11.3. The second kappa shape index (κ2) is 12.5. The summed E-state index contributed by atoms with van der Waals surface area (Å²) in [6, 6.07) is 11.6. The van der Waals surface area contributed by atoms with E-state index in [1.54, 1.807) is 0 Å². The molecule has 2 rings (SSSR count). The van der Waals surface area contributed by atoms with Gasteiger partial charge < -0.3 is 10.2 Å². The monoisotopic (exact) mass is 406 g/mol. The minimum atomic E-state index is -1.15. The van der Waals surface area contributed by atoms with E-state index in [1.165, 1.54) is 63.1 Å². The lowest BCUT2D eigenvalue weighted by Gasteiger charge is -2.06. The molecular formula is C26H30O4. The van der Waals surface area contributed by atoms with Crippen LogP contribution in [0.2, 0.25) is 0 Å². The van der Waals surface area contributed by atoms with E-state index in [0.29, 0.717) is 5.56 Å². The van der Waals surface area contributed by atoms with Crippen LogP contribution in [-0.2, 0) is 0 Å². The summed E-state index contributed by atoms with van der Waals surface area (Å²) in [6.07, 6.45) is 11.0. The summed E-state index contributed by atoms with van der Waals surface area (Å²) in [6.45, 7) is 2.23. The third-order valence-corrected chi connectivity index (χ3v) is 5.01. The molecular weight excluding hydrogens is 376 g/mol. The number of unbranched alkanes of at least 4 members (excludes halogenated alkanes) is 8. The Morgan fingerprint density at radius 3 is 1.97 bits per heavy atom. The molecule has 0 atom stereocenters. The highest BCUT2D eigenvalue weighted by Crippen LogP contribution is 2.24. The Hall–Kier alpha value is -3.06. The van der Waals surface area contributed by atoms with Crippen molar-refractivity contribution in [2.24, 2.45) is 0 Å². The van der Waals surface area contributed by atoms with Crippen molar-refractivity contribution in [3.8, 4) is 23.0 Å². The molecule has 0 radical (unpaired) electrons. The number of hydrogen-bond acceptors (Lipinski definition) is 2. The van der Waals surface area contributed by atoms with Crippen molar-refractivity contribution < 1.29 is 19.8 Å².